The number of nitrogens with one attached hydrogen (secondary N) is 2. The molecule has 2 aliphatic rings. The van der Waals surface area contributed by atoms with E-state index in [2.05, 4.69) is 20.0 Å². The van der Waals surface area contributed by atoms with Gasteiger partial charge < -0.3 is 19.7 Å². The van der Waals surface area contributed by atoms with Crippen molar-refractivity contribution in [1.82, 2.24) is 15.3 Å². The van der Waals surface area contributed by atoms with Crippen LogP contribution in [0.5, 0.6) is 5.88 Å². The number of benzene rings is 1. The zero-order chi connectivity index (χ0) is 32.0. The molecule has 238 valence electrons. The molecule has 5 rings (SSSR count). The zero-order valence-corrected chi connectivity index (χ0v) is 27.2. The highest BCUT2D eigenvalue weighted by atomic mass is 32.2. The first kappa shape index (κ1) is 32.1. The van der Waals surface area contributed by atoms with Gasteiger partial charge in [0.1, 0.15) is 18.1 Å². The lowest BCUT2D eigenvalue weighted by atomic mass is 9.58. The number of amides is 1. The number of pyridine rings is 2. The van der Waals surface area contributed by atoms with E-state index < -0.39 is 26.5 Å². The van der Waals surface area contributed by atoms with Gasteiger partial charge in [-0.1, -0.05) is 13.8 Å². The van der Waals surface area contributed by atoms with Crippen LogP contribution in [0.3, 0.4) is 0 Å². The Morgan fingerprint density at radius 2 is 1.82 bits per heavy atom. The number of likely N-dealkylation sites (N-methyl/N-ethyl adjacent to an activating group) is 1. The van der Waals surface area contributed by atoms with Crippen molar-refractivity contribution in [2.24, 2.45) is 5.92 Å². The molecular weight excluding hydrogens is 585 g/mol. The Morgan fingerprint density at radius 1 is 1.09 bits per heavy atom. The molecule has 3 aromatic rings. The Hall–Kier alpha value is -3.35. The smallest absolute Gasteiger partial charge is 0.238 e. The van der Waals surface area contributed by atoms with Gasteiger partial charge in [0.25, 0.3) is 0 Å². The summed E-state index contributed by atoms with van der Waals surface area (Å²) in [5.41, 5.74) is 1.99. The van der Waals surface area contributed by atoms with Crippen molar-refractivity contribution in [2.45, 2.75) is 77.2 Å². The van der Waals surface area contributed by atoms with Crippen LogP contribution in [-0.2, 0) is 25.0 Å². The van der Waals surface area contributed by atoms with Gasteiger partial charge >= 0.3 is 0 Å². The summed E-state index contributed by atoms with van der Waals surface area (Å²) in [6, 6.07) is 4.86. The highest BCUT2D eigenvalue weighted by Gasteiger charge is 2.58. The molecular formula is C32H42FN5O5S. The van der Waals surface area contributed by atoms with Gasteiger partial charge in [0.15, 0.2) is 0 Å². The summed E-state index contributed by atoms with van der Waals surface area (Å²) in [6.07, 6.45) is 4.49. The van der Waals surface area contributed by atoms with Crippen LogP contribution in [-0.4, -0.2) is 68.5 Å². The predicted octanol–water partition coefficient (Wildman–Crippen LogP) is 5.01. The van der Waals surface area contributed by atoms with Gasteiger partial charge in [0, 0.05) is 60.6 Å². The highest BCUT2D eigenvalue weighted by molar-refractivity contribution is 7.93. The third-order valence-electron chi connectivity index (χ3n) is 8.36. The topological polar surface area (TPSA) is 123 Å². The van der Waals surface area contributed by atoms with Crippen molar-refractivity contribution >= 4 is 38.2 Å². The molecule has 0 saturated heterocycles. The lowest BCUT2D eigenvalue weighted by molar-refractivity contribution is -0.129. The minimum Gasteiger partial charge on any atom is -0.475 e. The first-order valence-electron chi connectivity index (χ1n) is 15.1. The van der Waals surface area contributed by atoms with Crippen LogP contribution in [0.1, 0.15) is 59.9 Å². The Morgan fingerprint density at radius 3 is 2.48 bits per heavy atom. The van der Waals surface area contributed by atoms with Gasteiger partial charge in [0.2, 0.25) is 21.8 Å². The van der Waals surface area contributed by atoms with E-state index in [0.29, 0.717) is 48.1 Å². The molecule has 1 saturated carbocycles. The predicted molar refractivity (Wildman–Crippen MR) is 170 cm³/mol. The number of hydrogen-bond acceptors (Lipinski definition) is 8. The second-order valence-corrected chi connectivity index (χ2v) is 14.9. The van der Waals surface area contributed by atoms with Crippen LogP contribution >= 0.6 is 0 Å². The normalized spacial score (nSPS) is 19.8. The molecule has 3 heterocycles. The van der Waals surface area contributed by atoms with Gasteiger partial charge in [-0.3, -0.25) is 14.5 Å². The average Bonchev–Trinajstić information content (AvgIpc) is 3.15. The minimum absolute atomic E-state index is 0.00831. The Balaban J connectivity index is 1.56. The number of sulfonamides is 1. The summed E-state index contributed by atoms with van der Waals surface area (Å²) < 4.78 is 55.6. The van der Waals surface area contributed by atoms with Crippen LogP contribution < -0.4 is 19.7 Å². The molecule has 44 heavy (non-hydrogen) atoms. The number of hydrogen-bond donors (Lipinski definition) is 2. The van der Waals surface area contributed by atoms with Gasteiger partial charge in [0.05, 0.1) is 34.2 Å². The molecule has 0 radical (unpaired) electrons. The van der Waals surface area contributed by atoms with Crippen molar-refractivity contribution in [2.75, 3.05) is 36.4 Å². The van der Waals surface area contributed by atoms with E-state index in [-0.39, 0.29) is 47.7 Å². The second-order valence-electron chi connectivity index (χ2n) is 12.7. The number of carbonyl (C=O) groups is 1. The summed E-state index contributed by atoms with van der Waals surface area (Å²) in [5.74, 6) is -0.188. The van der Waals surface area contributed by atoms with Crippen LogP contribution in [0.4, 0.5) is 15.8 Å². The number of anilines is 2. The molecule has 0 unspecified atom stereocenters. The maximum absolute atomic E-state index is 15.7. The third-order valence-corrected chi connectivity index (χ3v) is 10.1. The van der Waals surface area contributed by atoms with E-state index in [1.165, 1.54) is 18.3 Å². The first-order valence-corrected chi connectivity index (χ1v) is 16.7. The summed E-state index contributed by atoms with van der Waals surface area (Å²) >= 11 is 0. The van der Waals surface area contributed by atoms with E-state index >= 15 is 4.39 Å². The van der Waals surface area contributed by atoms with Crippen LogP contribution in [0.2, 0.25) is 0 Å². The quantitative estimate of drug-likeness (QED) is 0.269. The summed E-state index contributed by atoms with van der Waals surface area (Å²) in [5, 5.41) is 3.21. The molecule has 1 aliphatic heterocycles. The van der Waals surface area contributed by atoms with E-state index in [1.54, 1.807) is 38.1 Å². The zero-order valence-electron chi connectivity index (χ0n) is 26.4. The van der Waals surface area contributed by atoms with E-state index in [9.17, 15) is 13.2 Å². The standard InChI is InChI=1S/C32H42FN5O5S/c1-18(2)34-8-9-42-30-27(37-44(40,41)20(5)6)10-22(15-36-30)23-11-24-26(12-25(23)33)35-16-28-29(24)32(31(39)38(28)7)13-21(14-32)17-43-19(3)4/h10-12,15-16,18-21,34,37H,8-9,13-14,17H2,1-7H3. The van der Waals surface area contributed by atoms with Crippen molar-refractivity contribution in [3.63, 3.8) is 0 Å². The van der Waals surface area contributed by atoms with E-state index in [1.807, 2.05) is 27.7 Å². The molecule has 0 bridgehead atoms. The van der Waals surface area contributed by atoms with Crippen molar-refractivity contribution in [3.05, 3.63) is 42.0 Å². The summed E-state index contributed by atoms with van der Waals surface area (Å²) in [7, 11) is -2.00. The molecule has 0 atom stereocenters. The van der Waals surface area contributed by atoms with Gasteiger partial charge in [-0.25, -0.2) is 17.8 Å². The highest BCUT2D eigenvalue weighted by Crippen LogP contribution is 2.57. The largest absolute Gasteiger partial charge is 0.475 e. The van der Waals surface area contributed by atoms with Crippen LogP contribution in [0.25, 0.3) is 22.0 Å². The fourth-order valence-corrected chi connectivity index (χ4v) is 6.71. The molecule has 12 heteroatoms. The van der Waals surface area contributed by atoms with Gasteiger partial charge in [-0.15, -0.1) is 0 Å². The molecule has 2 N–H and O–H groups in total. The molecule has 1 amide bonds. The van der Waals surface area contributed by atoms with Gasteiger partial charge in [-0.2, -0.15) is 0 Å². The molecule has 10 nitrogen and oxygen atoms in total. The number of nitrogens with zero attached hydrogens (tertiary/aromatic N) is 3. The number of fused-ring (bicyclic) bond motifs is 4. The third kappa shape index (κ3) is 5.99. The average molecular weight is 628 g/mol. The van der Waals surface area contributed by atoms with Gasteiger partial charge in [-0.05, 0) is 58.6 Å². The van der Waals surface area contributed by atoms with Crippen molar-refractivity contribution < 1.29 is 27.1 Å². The lowest BCUT2D eigenvalue weighted by Crippen LogP contribution is -2.50. The minimum atomic E-state index is -3.75. The number of aromatic nitrogens is 2. The molecule has 1 aromatic carbocycles. The number of carbonyl (C=O) groups excluding carboxylic acids is 1. The number of ether oxygens (including phenoxy) is 2. The van der Waals surface area contributed by atoms with E-state index in [0.717, 1.165) is 5.56 Å². The van der Waals surface area contributed by atoms with Crippen LogP contribution in [0.15, 0.2) is 30.6 Å². The Bertz CT molecular complexity index is 1670. The molecule has 1 fully saturated rings. The molecule has 2 aromatic heterocycles. The maximum Gasteiger partial charge on any atom is 0.238 e. The fourth-order valence-electron chi connectivity index (χ4n) is 6.02. The van der Waals surface area contributed by atoms with E-state index in [4.69, 9.17) is 9.47 Å². The SMILES string of the molecule is CC(C)NCCOc1ncc(-c2cc3c4c(cnc3cc2F)N(C)C(=O)C42CC(COC(C)C)C2)cc1NS(=O)(=O)C(C)C. The Kier molecular flexibility index (Phi) is 8.90. The Labute approximate surface area is 258 Å². The second kappa shape index (κ2) is 12.2. The molecule has 1 aliphatic carbocycles. The first-order chi connectivity index (χ1) is 20.7. The van der Waals surface area contributed by atoms with Crippen molar-refractivity contribution in [1.29, 1.82) is 0 Å². The number of halogens is 1. The lowest BCUT2D eigenvalue weighted by Gasteiger charge is -2.44. The summed E-state index contributed by atoms with van der Waals surface area (Å²) in [4.78, 5) is 24.2. The summed E-state index contributed by atoms with van der Waals surface area (Å²) in [6.45, 7) is 12.5. The monoisotopic (exact) mass is 627 g/mol. The van der Waals surface area contributed by atoms with Crippen LogP contribution in [0, 0.1) is 11.7 Å². The fraction of sp³-hybridized carbons (Fsp3) is 0.531. The number of rotatable bonds is 12. The maximum atomic E-state index is 15.7. The van der Waals surface area contributed by atoms with Crippen molar-refractivity contribution in [3.8, 4) is 17.0 Å². The molecule has 1 spiro atoms.